The molecule has 0 bridgehead atoms. The van der Waals surface area contributed by atoms with Gasteiger partial charge in [0.05, 0.1) is 6.04 Å². The number of carbonyl (C=O) groups excluding carboxylic acids is 3. The van der Waals surface area contributed by atoms with Crippen LogP contribution < -0.4 is 10.6 Å². The molecule has 2 aliphatic heterocycles. The average molecular weight is 521 g/mol. The number of aromatic amines is 1. The number of hydrogen-bond acceptors (Lipinski definition) is 3. The Hall–Kier alpha value is -4.39. The highest BCUT2D eigenvalue weighted by molar-refractivity contribution is 6.04. The van der Waals surface area contributed by atoms with Gasteiger partial charge < -0.3 is 20.5 Å². The average Bonchev–Trinajstić information content (AvgIpc) is 3.49. The lowest BCUT2D eigenvalue weighted by atomic mass is 9.89. The fraction of sp³-hybridized carbons (Fsp3) is 0.281. The molecule has 3 amide bonds. The molecule has 4 unspecified atom stereocenters. The zero-order valence-electron chi connectivity index (χ0n) is 22.1. The van der Waals surface area contributed by atoms with E-state index in [1.54, 1.807) is 4.90 Å². The van der Waals surface area contributed by atoms with Gasteiger partial charge in [-0.2, -0.15) is 0 Å². The summed E-state index contributed by atoms with van der Waals surface area (Å²) in [4.78, 5) is 46.3. The fourth-order valence-electron chi connectivity index (χ4n) is 5.98. The van der Waals surface area contributed by atoms with Gasteiger partial charge in [-0.15, -0.1) is 0 Å². The van der Waals surface area contributed by atoms with E-state index < -0.39 is 12.1 Å². The van der Waals surface area contributed by atoms with E-state index >= 15 is 0 Å². The summed E-state index contributed by atoms with van der Waals surface area (Å²) in [5, 5.41) is 7.09. The Morgan fingerprint density at radius 3 is 2.51 bits per heavy atom. The van der Waals surface area contributed by atoms with Crippen molar-refractivity contribution in [1.82, 2.24) is 20.5 Å². The number of carbonyl (C=O) groups is 3. The number of amides is 3. The normalized spacial score (nSPS) is 19.1. The largest absolute Gasteiger partial charge is 0.356 e. The van der Waals surface area contributed by atoms with Gasteiger partial charge in [-0.25, -0.2) is 0 Å². The maximum Gasteiger partial charge on any atom is 0.255 e. The molecule has 1 aromatic heterocycles. The second-order valence-corrected chi connectivity index (χ2v) is 10.6. The number of nitrogens with zero attached hydrogens (tertiary/aromatic N) is 1. The van der Waals surface area contributed by atoms with E-state index in [1.165, 1.54) is 0 Å². The molecule has 4 aromatic rings. The molecule has 6 rings (SSSR count). The lowest BCUT2D eigenvalue weighted by Crippen LogP contribution is -2.58. The number of hydrogen-bond donors (Lipinski definition) is 3. The molecule has 0 radical (unpaired) electrons. The van der Waals surface area contributed by atoms with Crippen molar-refractivity contribution >= 4 is 28.6 Å². The van der Waals surface area contributed by atoms with Gasteiger partial charge >= 0.3 is 0 Å². The molecule has 198 valence electrons. The third kappa shape index (κ3) is 4.28. The van der Waals surface area contributed by atoms with Crippen LogP contribution in [0.5, 0.6) is 0 Å². The molecule has 3 N–H and O–H groups in total. The molecule has 39 heavy (non-hydrogen) atoms. The van der Waals surface area contributed by atoms with E-state index in [4.69, 9.17) is 0 Å². The van der Waals surface area contributed by atoms with Crippen LogP contribution in [0.2, 0.25) is 0 Å². The van der Waals surface area contributed by atoms with Crippen molar-refractivity contribution in [2.45, 2.75) is 51.4 Å². The summed E-state index contributed by atoms with van der Waals surface area (Å²) in [5.74, 6) is -0.775. The quantitative estimate of drug-likeness (QED) is 0.335. The van der Waals surface area contributed by atoms with Crippen LogP contribution in [0.15, 0.2) is 78.9 Å². The monoisotopic (exact) mass is 520 g/mol. The molecule has 3 aromatic carbocycles. The van der Waals surface area contributed by atoms with Crippen molar-refractivity contribution in [3.63, 3.8) is 0 Å². The third-order valence-corrected chi connectivity index (χ3v) is 8.26. The van der Waals surface area contributed by atoms with Crippen LogP contribution in [0.25, 0.3) is 10.9 Å². The molecule has 0 spiro atoms. The third-order valence-electron chi connectivity index (χ3n) is 8.26. The van der Waals surface area contributed by atoms with Crippen LogP contribution in [0.1, 0.15) is 59.1 Å². The maximum atomic E-state index is 14.0. The summed E-state index contributed by atoms with van der Waals surface area (Å²) in [5.41, 5.74) is 5.49. The number of H-pyrrole nitrogens is 1. The maximum absolute atomic E-state index is 14.0. The Bertz CT molecular complexity index is 1560. The topological polar surface area (TPSA) is 94.3 Å². The molecule has 0 fully saturated rings. The van der Waals surface area contributed by atoms with Gasteiger partial charge in [0.1, 0.15) is 12.1 Å². The van der Waals surface area contributed by atoms with Crippen LogP contribution in [0.3, 0.4) is 0 Å². The first-order valence-corrected chi connectivity index (χ1v) is 13.6. The smallest absolute Gasteiger partial charge is 0.255 e. The highest BCUT2D eigenvalue weighted by Gasteiger charge is 2.49. The second-order valence-electron chi connectivity index (χ2n) is 10.6. The number of para-hydroxylation sites is 1. The summed E-state index contributed by atoms with van der Waals surface area (Å²) in [6.45, 7) is 4.35. The highest BCUT2D eigenvalue weighted by atomic mass is 16.2. The van der Waals surface area contributed by atoms with Crippen LogP contribution >= 0.6 is 0 Å². The van der Waals surface area contributed by atoms with E-state index in [-0.39, 0.29) is 29.7 Å². The van der Waals surface area contributed by atoms with Crippen molar-refractivity contribution in [2.75, 3.05) is 0 Å². The minimum absolute atomic E-state index is 0.0840. The fourth-order valence-corrected chi connectivity index (χ4v) is 5.98. The van der Waals surface area contributed by atoms with Gasteiger partial charge in [-0.05, 0) is 34.7 Å². The van der Waals surface area contributed by atoms with Crippen molar-refractivity contribution in [3.05, 3.63) is 107 Å². The molecular weight excluding hydrogens is 488 g/mol. The first-order valence-electron chi connectivity index (χ1n) is 13.6. The molecular formula is C32H32N4O3. The molecule has 2 aliphatic rings. The standard InChI is InChI=1S/C32H32N4O3/c1-3-19(2)27(31(38)33-18-20-11-5-4-6-12-20)35-30(37)26-17-24-21-13-9-10-16-25(21)34-28(24)29-22-14-7-8-15-23(22)32(39)36(26)29/h4-16,19,26-27,29,34H,3,17-18H2,1-2H3,(H,33,38)(H,35,37). The lowest BCUT2D eigenvalue weighted by molar-refractivity contribution is -0.133. The summed E-state index contributed by atoms with van der Waals surface area (Å²) in [7, 11) is 0. The van der Waals surface area contributed by atoms with Crippen LogP contribution in [-0.4, -0.2) is 39.7 Å². The first-order chi connectivity index (χ1) is 19.0. The lowest BCUT2D eigenvalue weighted by Gasteiger charge is -2.38. The number of aromatic nitrogens is 1. The summed E-state index contributed by atoms with van der Waals surface area (Å²) in [6, 6.07) is 23.5. The van der Waals surface area contributed by atoms with E-state index in [9.17, 15) is 14.4 Å². The van der Waals surface area contributed by atoms with Crippen molar-refractivity contribution in [3.8, 4) is 0 Å². The van der Waals surface area contributed by atoms with Gasteiger partial charge in [0.2, 0.25) is 11.8 Å². The van der Waals surface area contributed by atoms with E-state index in [0.29, 0.717) is 18.5 Å². The van der Waals surface area contributed by atoms with Gasteiger partial charge in [-0.1, -0.05) is 87.0 Å². The SMILES string of the molecule is CCC(C)C(NC(=O)C1Cc2c([nH]c3ccccc23)C2c3ccccc3C(=O)N12)C(=O)NCc1ccccc1. The molecule has 0 saturated carbocycles. The van der Waals surface area contributed by atoms with E-state index in [0.717, 1.165) is 39.7 Å². The number of rotatable bonds is 7. The van der Waals surface area contributed by atoms with Gasteiger partial charge in [0, 0.05) is 35.1 Å². The first kappa shape index (κ1) is 24.9. The minimum atomic E-state index is -0.741. The predicted octanol–water partition coefficient (Wildman–Crippen LogP) is 4.49. The van der Waals surface area contributed by atoms with Crippen LogP contribution in [0.4, 0.5) is 0 Å². The van der Waals surface area contributed by atoms with Crippen LogP contribution in [-0.2, 0) is 22.6 Å². The van der Waals surface area contributed by atoms with Gasteiger partial charge in [0.15, 0.2) is 0 Å². The molecule has 0 saturated heterocycles. The van der Waals surface area contributed by atoms with E-state index in [1.807, 2.05) is 86.6 Å². The summed E-state index contributed by atoms with van der Waals surface area (Å²) in [6.07, 6.45) is 1.10. The zero-order valence-corrected chi connectivity index (χ0v) is 22.1. The molecule has 7 nitrogen and oxygen atoms in total. The minimum Gasteiger partial charge on any atom is -0.356 e. The molecule has 4 atom stereocenters. The van der Waals surface area contributed by atoms with Crippen molar-refractivity contribution in [2.24, 2.45) is 5.92 Å². The number of benzene rings is 3. The molecule has 3 heterocycles. The zero-order chi connectivity index (χ0) is 27.1. The Morgan fingerprint density at radius 1 is 1.00 bits per heavy atom. The Morgan fingerprint density at radius 2 is 1.72 bits per heavy atom. The Balaban J connectivity index is 1.32. The van der Waals surface area contributed by atoms with Gasteiger partial charge in [-0.3, -0.25) is 14.4 Å². The molecule has 7 heteroatoms. The number of nitrogens with one attached hydrogen (secondary N) is 3. The van der Waals surface area contributed by atoms with Gasteiger partial charge in [0.25, 0.3) is 5.91 Å². The van der Waals surface area contributed by atoms with Crippen molar-refractivity contribution < 1.29 is 14.4 Å². The van der Waals surface area contributed by atoms with Crippen LogP contribution in [0, 0.1) is 5.92 Å². The number of fused-ring (bicyclic) bond motifs is 7. The van der Waals surface area contributed by atoms with E-state index in [2.05, 4.69) is 21.7 Å². The predicted molar refractivity (Wildman–Crippen MR) is 150 cm³/mol. The Kier molecular flexibility index (Phi) is 6.43. The van der Waals surface area contributed by atoms with Crippen molar-refractivity contribution in [1.29, 1.82) is 0 Å². The Labute approximate surface area is 227 Å². The second kappa shape index (κ2) is 10.1. The molecule has 0 aliphatic carbocycles. The summed E-state index contributed by atoms with van der Waals surface area (Å²) < 4.78 is 0. The highest BCUT2D eigenvalue weighted by Crippen LogP contribution is 2.46. The summed E-state index contributed by atoms with van der Waals surface area (Å²) >= 11 is 0.